The van der Waals surface area contributed by atoms with E-state index in [9.17, 15) is 0 Å². The second-order valence-corrected chi connectivity index (χ2v) is 7.06. The minimum atomic E-state index is 0.509. The summed E-state index contributed by atoms with van der Waals surface area (Å²) in [6.07, 6.45) is 4.81. The Labute approximate surface area is 131 Å². The van der Waals surface area contributed by atoms with Gasteiger partial charge in [-0.05, 0) is 61.7 Å². The lowest BCUT2D eigenvalue weighted by Crippen LogP contribution is -2.39. The molecule has 0 saturated carbocycles. The van der Waals surface area contributed by atoms with Crippen molar-refractivity contribution in [2.24, 2.45) is 0 Å². The maximum Gasteiger partial charge on any atom is 0.122 e. The number of benzene rings is 1. The number of hydrogen-bond acceptors (Lipinski definition) is 3. The summed E-state index contributed by atoms with van der Waals surface area (Å²) < 4.78 is 5.48. The van der Waals surface area contributed by atoms with E-state index in [2.05, 4.69) is 24.0 Å². The standard InChI is InChI=1S/C16H24ClNOS/c1-3-8-18-14(16-5-4-9-20-16)11-12-10-13(17)6-7-15(12)19-2/h6-7,10,14,16,18H,3-5,8-9,11H2,1-2H3. The molecule has 0 amide bonds. The molecular weight excluding hydrogens is 290 g/mol. The first kappa shape index (κ1) is 16.0. The van der Waals surface area contributed by atoms with Crippen molar-refractivity contribution in [3.05, 3.63) is 28.8 Å². The minimum Gasteiger partial charge on any atom is -0.496 e. The fourth-order valence-corrected chi connectivity index (χ4v) is 4.32. The average molecular weight is 314 g/mol. The molecule has 2 rings (SSSR count). The summed E-state index contributed by atoms with van der Waals surface area (Å²) in [5.41, 5.74) is 1.21. The molecule has 1 heterocycles. The number of rotatable bonds is 7. The van der Waals surface area contributed by atoms with Gasteiger partial charge in [-0.3, -0.25) is 0 Å². The molecule has 0 radical (unpaired) electrons. The monoisotopic (exact) mass is 313 g/mol. The number of ether oxygens (including phenoxy) is 1. The van der Waals surface area contributed by atoms with Gasteiger partial charge in [-0.2, -0.15) is 11.8 Å². The smallest absolute Gasteiger partial charge is 0.122 e. The van der Waals surface area contributed by atoms with E-state index in [0.717, 1.165) is 23.7 Å². The molecule has 4 heteroatoms. The number of methoxy groups -OCH3 is 1. The van der Waals surface area contributed by atoms with E-state index in [1.807, 2.05) is 18.2 Å². The third-order valence-corrected chi connectivity index (χ3v) is 5.50. The van der Waals surface area contributed by atoms with Crippen molar-refractivity contribution in [3.8, 4) is 5.75 Å². The van der Waals surface area contributed by atoms with Gasteiger partial charge < -0.3 is 10.1 Å². The first-order valence-electron chi connectivity index (χ1n) is 7.42. The topological polar surface area (TPSA) is 21.3 Å². The predicted molar refractivity (Wildman–Crippen MR) is 89.3 cm³/mol. The maximum atomic E-state index is 6.14. The Balaban J connectivity index is 2.11. The zero-order chi connectivity index (χ0) is 14.4. The normalized spacial score (nSPS) is 20.1. The molecule has 0 spiro atoms. The summed E-state index contributed by atoms with van der Waals surface area (Å²) in [4.78, 5) is 0. The highest BCUT2D eigenvalue weighted by atomic mass is 35.5. The second-order valence-electron chi connectivity index (χ2n) is 5.27. The molecule has 2 unspecified atom stereocenters. The third-order valence-electron chi connectivity index (χ3n) is 3.75. The van der Waals surface area contributed by atoms with Crippen LogP contribution in [0, 0.1) is 0 Å². The Kier molecular flexibility index (Phi) is 6.53. The predicted octanol–water partition coefficient (Wildman–Crippen LogP) is 4.15. The van der Waals surface area contributed by atoms with Crippen molar-refractivity contribution in [1.29, 1.82) is 0 Å². The van der Waals surface area contributed by atoms with Crippen molar-refractivity contribution >= 4 is 23.4 Å². The lowest BCUT2D eigenvalue weighted by atomic mass is 9.99. The van der Waals surface area contributed by atoms with Gasteiger partial charge >= 0.3 is 0 Å². The molecule has 1 fully saturated rings. The van der Waals surface area contributed by atoms with Crippen molar-refractivity contribution in [3.63, 3.8) is 0 Å². The maximum absolute atomic E-state index is 6.14. The summed E-state index contributed by atoms with van der Waals surface area (Å²) in [5, 5.41) is 5.21. The van der Waals surface area contributed by atoms with Crippen LogP contribution in [0.2, 0.25) is 5.02 Å². The third kappa shape index (κ3) is 4.31. The van der Waals surface area contributed by atoms with Crippen LogP contribution >= 0.6 is 23.4 Å². The molecule has 20 heavy (non-hydrogen) atoms. The molecular formula is C16H24ClNOS. The molecule has 1 saturated heterocycles. The Morgan fingerprint density at radius 3 is 3.00 bits per heavy atom. The summed E-state index contributed by atoms with van der Waals surface area (Å²) in [6.45, 7) is 3.29. The van der Waals surface area contributed by atoms with Crippen LogP contribution in [-0.4, -0.2) is 30.7 Å². The van der Waals surface area contributed by atoms with E-state index in [1.54, 1.807) is 7.11 Å². The average Bonchev–Trinajstić information content (AvgIpc) is 2.97. The number of nitrogens with one attached hydrogen (secondary N) is 1. The van der Waals surface area contributed by atoms with Gasteiger partial charge in [0, 0.05) is 16.3 Å². The van der Waals surface area contributed by atoms with Gasteiger partial charge in [0.1, 0.15) is 5.75 Å². The van der Waals surface area contributed by atoms with E-state index in [4.69, 9.17) is 16.3 Å². The molecule has 0 aromatic heterocycles. The molecule has 0 bridgehead atoms. The largest absolute Gasteiger partial charge is 0.496 e. The highest BCUT2D eigenvalue weighted by Crippen LogP contribution is 2.32. The van der Waals surface area contributed by atoms with Crippen molar-refractivity contribution < 1.29 is 4.74 Å². The van der Waals surface area contributed by atoms with Crippen LogP contribution < -0.4 is 10.1 Å². The molecule has 112 valence electrons. The van der Waals surface area contributed by atoms with Gasteiger partial charge in [-0.25, -0.2) is 0 Å². The summed E-state index contributed by atoms with van der Waals surface area (Å²) in [5.74, 6) is 2.24. The van der Waals surface area contributed by atoms with E-state index in [0.29, 0.717) is 11.3 Å². The molecule has 1 aromatic rings. The quantitative estimate of drug-likeness (QED) is 0.817. The van der Waals surface area contributed by atoms with Crippen LogP contribution in [0.25, 0.3) is 0 Å². The van der Waals surface area contributed by atoms with Crippen molar-refractivity contribution in [2.45, 2.75) is 43.9 Å². The van der Waals surface area contributed by atoms with Crippen LogP contribution in [0.1, 0.15) is 31.7 Å². The van der Waals surface area contributed by atoms with Crippen LogP contribution in [0.4, 0.5) is 0 Å². The Bertz CT molecular complexity index is 421. The summed E-state index contributed by atoms with van der Waals surface area (Å²) >= 11 is 8.24. The van der Waals surface area contributed by atoms with Crippen molar-refractivity contribution in [1.82, 2.24) is 5.32 Å². The highest BCUT2D eigenvalue weighted by Gasteiger charge is 2.26. The lowest BCUT2D eigenvalue weighted by molar-refractivity contribution is 0.403. The molecule has 2 atom stereocenters. The van der Waals surface area contributed by atoms with Gasteiger partial charge in [0.15, 0.2) is 0 Å². The SMILES string of the molecule is CCCNC(Cc1cc(Cl)ccc1OC)C1CCCS1. The lowest BCUT2D eigenvalue weighted by Gasteiger charge is -2.25. The summed E-state index contributed by atoms with van der Waals surface area (Å²) in [7, 11) is 1.73. The molecule has 1 aromatic carbocycles. The van der Waals surface area contributed by atoms with Gasteiger partial charge in [0.25, 0.3) is 0 Å². The number of hydrogen-bond donors (Lipinski definition) is 1. The zero-order valence-electron chi connectivity index (χ0n) is 12.3. The second kappa shape index (κ2) is 8.16. The molecule has 1 aliphatic heterocycles. The molecule has 0 aliphatic carbocycles. The molecule has 1 N–H and O–H groups in total. The molecule has 1 aliphatic rings. The Hall–Kier alpha value is -0.380. The summed E-state index contributed by atoms with van der Waals surface area (Å²) in [6, 6.07) is 6.41. The number of halogens is 1. The van der Waals surface area contributed by atoms with Crippen LogP contribution in [0.15, 0.2) is 18.2 Å². The van der Waals surface area contributed by atoms with Gasteiger partial charge in [-0.1, -0.05) is 18.5 Å². The van der Waals surface area contributed by atoms with Crippen LogP contribution in [-0.2, 0) is 6.42 Å². The van der Waals surface area contributed by atoms with E-state index < -0.39 is 0 Å². The van der Waals surface area contributed by atoms with Gasteiger partial charge in [0.05, 0.1) is 7.11 Å². The van der Waals surface area contributed by atoms with E-state index in [-0.39, 0.29) is 0 Å². The first-order chi connectivity index (χ1) is 9.74. The van der Waals surface area contributed by atoms with Crippen molar-refractivity contribution in [2.75, 3.05) is 19.4 Å². The van der Waals surface area contributed by atoms with Gasteiger partial charge in [0.2, 0.25) is 0 Å². The molecule has 2 nitrogen and oxygen atoms in total. The van der Waals surface area contributed by atoms with Crippen LogP contribution in [0.3, 0.4) is 0 Å². The van der Waals surface area contributed by atoms with Crippen LogP contribution in [0.5, 0.6) is 5.75 Å². The number of thioether (sulfide) groups is 1. The Morgan fingerprint density at radius 2 is 2.35 bits per heavy atom. The first-order valence-corrected chi connectivity index (χ1v) is 8.84. The highest BCUT2D eigenvalue weighted by molar-refractivity contribution is 8.00. The minimum absolute atomic E-state index is 0.509. The van der Waals surface area contributed by atoms with E-state index in [1.165, 1.54) is 30.6 Å². The Morgan fingerprint density at radius 1 is 1.50 bits per heavy atom. The van der Waals surface area contributed by atoms with E-state index >= 15 is 0 Å². The zero-order valence-corrected chi connectivity index (χ0v) is 13.9. The fraction of sp³-hybridized carbons (Fsp3) is 0.625. The van der Waals surface area contributed by atoms with Gasteiger partial charge in [-0.15, -0.1) is 0 Å². The fourth-order valence-electron chi connectivity index (χ4n) is 2.73.